The van der Waals surface area contributed by atoms with Crippen LogP contribution in [0, 0.1) is 10.8 Å². The molecule has 4 N–H and O–H groups in total. The second-order valence-electron chi connectivity index (χ2n) is 5.91. The molecule has 0 saturated carbocycles. The summed E-state index contributed by atoms with van der Waals surface area (Å²) in [5.41, 5.74) is 9.96. The normalized spacial score (nSPS) is 16.6. The Balaban J connectivity index is 1.89. The second-order valence-corrected chi connectivity index (χ2v) is 5.91. The van der Waals surface area contributed by atoms with Gasteiger partial charge in [0.1, 0.15) is 18.6 Å². The summed E-state index contributed by atoms with van der Waals surface area (Å²) >= 11 is 0. The standard InChI is InChI=1S/C17H20N7/c1-11-6-15(14(19)7-13(11)18)22-16-8-21-24(17(16)20)10-12-4-3-5-23(2)9-12/h3-6,8-9,18-19H,7,10,20H2,1-2H3/q+1. The lowest BCUT2D eigenvalue weighted by molar-refractivity contribution is -0.671. The molecule has 122 valence electrons. The van der Waals surface area contributed by atoms with Crippen LogP contribution in [0.15, 0.2) is 47.4 Å². The minimum Gasteiger partial charge on any atom is -0.382 e. The number of nitrogens with zero attached hydrogens (tertiary/aromatic N) is 4. The van der Waals surface area contributed by atoms with E-state index < -0.39 is 0 Å². The fourth-order valence-electron chi connectivity index (χ4n) is 2.53. The first-order valence-corrected chi connectivity index (χ1v) is 7.62. The van der Waals surface area contributed by atoms with Crippen LogP contribution in [-0.2, 0) is 13.6 Å². The first-order valence-electron chi connectivity index (χ1n) is 7.62. The van der Waals surface area contributed by atoms with Crippen LogP contribution in [0.4, 0.5) is 11.5 Å². The van der Waals surface area contributed by atoms with Crippen LogP contribution in [-0.4, -0.2) is 26.9 Å². The molecule has 0 spiro atoms. The lowest BCUT2D eigenvalue weighted by Gasteiger charge is -2.13. The van der Waals surface area contributed by atoms with Crippen LogP contribution < -0.4 is 10.3 Å². The molecule has 0 amide bonds. The van der Waals surface area contributed by atoms with Gasteiger partial charge in [0.05, 0.1) is 24.2 Å². The number of nitrogens with one attached hydrogen (secondary N) is 2. The number of allylic oxidation sites excluding steroid dienone is 2. The number of hydrogen-bond acceptors (Lipinski definition) is 5. The van der Waals surface area contributed by atoms with Crippen LogP contribution in [0.5, 0.6) is 0 Å². The third-order valence-corrected chi connectivity index (χ3v) is 3.93. The van der Waals surface area contributed by atoms with Crippen LogP contribution in [0.3, 0.4) is 0 Å². The highest BCUT2D eigenvalue weighted by atomic mass is 15.3. The van der Waals surface area contributed by atoms with Gasteiger partial charge >= 0.3 is 0 Å². The summed E-state index contributed by atoms with van der Waals surface area (Å²) in [7, 11) is 1.97. The zero-order chi connectivity index (χ0) is 17.3. The minimum atomic E-state index is 0.301. The summed E-state index contributed by atoms with van der Waals surface area (Å²) in [6, 6.07) is 3.99. The highest BCUT2D eigenvalue weighted by Crippen LogP contribution is 2.23. The van der Waals surface area contributed by atoms with Gasteiger partial charge in [-0.25, -0.2) is 14.2 Å². The zero-order valence-electron chi connectivity index (χ0n) is 13.7. The molecule has 7 heteroatoms. The van der Waals surface area contributed by atoms with E-state index >= 15 is 0 Å². The molecule has 0 unspecified atom stereocenters. The lowest BCUT2D eigenvalue weighted by Crippen LogP contribution is -2.27. The van der Waals surface area contributed by atoms with Gasteiger partial charge < -0.3 is 16.6 Å². The highest BCUT2D eigenvalue weighted by molar-refractivity contribution is 6.51. The summed E-state index contributed by atoms with van der Waals surface area (Å²) < 4.78 is 3.67. The van der Waals surface area contributed by atoms with Gasteiger partial charge in [-0.05, 0) is 24.6 Å². The van der Waals surface area contributed by atoms with E-state index in [0.29, 0.717) is 41.6 Å². The molecule has 0 atom stereocenters. The number of hydrogen-bond donors (Lipinski definition) is 3. The maximum Gasteiger partial charge on any atom is 0.173 e. The summed E-state index contributed by atoms with van der Waals surface area (Å²) in [6.07, 6.45) is 7.65. The van der Waals surface area contributed by atoms with Gasteiger partial charge in [0, 0.05) is 23.8 Å². The number of aryl methyl sites for hydroxylation is 1. The van der Waals surface area contributed by atoms with Crippen molar-refractivity contribution in [2.45, 2.75) is 19.9 Å². The van der Waals surface area contributed by atoms with Gasteiger partial charge in [-0.1, -0.05) is 0 Å². The second kappa shape index (κ2) is 6.19. The molecule has 0 saturated heterocycles. The monoisotopic (exact) mass is 322 g/mol. The van der Waals surface area contributed by atoms with E-state index in [1.807, 2.05) is 43.1 Å². The Hall–Kier alpha value is -3.09. The van der Waals surface area contributed by atoms with Gasteiger partial charge in [-0.15, -0.1) is 0 Å². The first kappa shape index (κ1) is 15.8. The average Bonchev–Trinajstić information content (AvgIpc) is 2.86. The molecule has 1 aliphatic carbocycles. The predicted octanol–water partition coefficient (Wildman–Crippen LogP) is 1.80. The van der Waals surface area contributed by atoms with E-state index in [1.54, 1.807) is 17.0 Å². The number of rotatable bonds is 3. The molecule has 3 rings (SSSR count). The largest absolute Gasteiger partial charge is 0.382 e. The molecule has 0 bridgehead atoms. The van der Waals surface area contributed by atoms with Crippen molar-refractivity contribution in [3.63, 3.8) is 0 Å². The van der Waals surface area contributed by atoms with Crippen LogP contribution in [0.25, 0.3) is 0 Å². The molecule has 0 fully saturated rings. The first-order chi connectivity index (χ1) is 11.4. The fourth-order valence-corrected chi connectivity index (χ4v) is 2.53. The van der Waals surface area contributed by atoms with E-state index in [1.165, 1.54) is 0 Å². The van der Waals surface area contributed by atoms with Crippen molar-refractivity contribution in [2.75, 3.05) is 5.73 Å². The van der Waals surface area contributed by atoms with E-state index in [2.05, 4.69) is 10.1 Å². The summed E-state index contributed by atoms with van der Waals surface area (Å²) in [4.78, 5) is 4.47. The van der Waals surface area contributed by atoms with E-state index in [9.17, 15) is 0 Å². The Morgan fingerprint density at radius 3 is 2.92 bits per heavy atom. The minimum absolute atomic E-state index is 0.301. The third-order valence-electron chi connectivity index (χ3n) is 3.93. The Kier molecular flexibility index (Phi) is 4.07. The number of anilines is 1. The predicted molar refractivity (Wildman–Crippen MR) is 94.3 cm³/mol. The highest BCUT2D eigenvalue weighted by Gasteiger charge is 2.17. The molecule has 24 heavy (non-hydrogen) atoms. The molecule has 0 radical (unpaired) electrons. The van der Waals surface area contributed by atoms with Crippen LogP contribution in [0.2, 0.25) is 0 Å². The van der Waals surface area contributed by atoms with Crippen molar-refractivity contribution in [1.29, 1.82) is 10.8 Å². The van der Waals surface area contributed by atoms with Gasteiger partial charge in [0.15, 0.2) is 12.4 Å². The number of pyridine rings is 1. The van der Waals surface area contributed by atoms with E-state index in [0.717, 1.165) is 11.1 Å². The molecule has 2 aromatic rings. The Morgan fingerprint density at radius 2 is 2.17 bits per heavy atom. The topological polar surface area (TPSA) is 108 Å². The third kappa shape index (κ3) is 3.15. The molecule has 2 aromatic heterocycles. The summed E-state index contributed by atoms with van der Waals surface area (Å²) in [5.74, 6) is 0.466. The maximum atomic E-state index is 8.01. The van der Waals surface area contributed by atoms with Gasteiger partial charge in [0.25, 0.3) is 0 Å². The Labute approximate surface area is 140 Å². The fraction of sp³-hybridized carbons (Fsp3) is 0.235. The zero-order valence-corrected chi connectivity index (χ0v) is 13.7. The van der Waals surface area contributed by atoms with Crippen molar-refractivity contribution in [3.8, 4) is 0 Å². The Morgan fingerprint density at radius 1 is 1.38 bits per heavy atom. The quantitative estimate of drug-likeness (QED) is 0.749. The average molecular weight is 322 g/mol. The maximum absolute atomic E-state index is 8.01. The number of nitrogens with two attached hydrogens (primary N) is 1. The molecule has 0 aromatic carbocycles. The van der Waals surface area contributed by atoms with Gasteiger partial charge in [-0.2, -0.15) is 5.10 Å². The van der Waals surface area contributed by atoms with Crippen molar-refractivity contribution in [3.05, 3.63) is 47.9 Å². The smallest absolute Gasteiger partial charge is 0.173 e. The van der Waals surface area contributed by atoms with Gasteiger partial charge in [-0.3, -0.25) is 0 Å². The van der Waals surface area contributed by atoms with E-state index in [-0.39, 0.29) is 0 Å². The lowest BCUT2D eigenvalue weighted by atomic mass is 9.95. The van der Waals surface area contributed by atoms with E-state index in [4.69, 9.17) is 16.6 Å². The SMILES string of the molecule is CC1=CC(=Nc2cnn(Cc3ccc[n+](C)c3)c2N)C(=N)CC1=N. The number of aromatic nitrogens is 3. The molecular formula is C17H20N7+. The number of nitrogen functional groups attached to an aromatic ring is 1. The number of aliphatic imine (C=N–C) groups is 1. The molecule has 1 aliphatic rings. The van der Waals surface area contributed by atoms with Crippen LogP contribution >= 0.6 is 0 Å². The molecule has 2 heterocycles. The Bertz CT molecular complexity index is 886. The molecule has 7 nitrogen and oxygen atoms in total. The van der Waals surface area contributed by atoms with Crippen molar-refractivity contribution in [1.82, 2.24) is 9.78 Å². The summed E-state index contributed by atoms with van der Waals surface area (Å²) in [5, 5.41) is 20.1. The van der Waals surface area contributed by atoms with Gasteiger partial charge in [0.2, 0.25) is 0 Å². The molecular weight excluding hydrogens is 302 g/mol. The van der Waals surface area contributed by atoms with Crippen LogP contribution in [0.1, 0.15) is 18.9 Å². The van der Waals surface area contributed by atoms with Crippen molar-refractivity contribution >= 4 is 28.6 Å². The van der Waals surface area contributed by atoms with Crippen molar-refractivity contribution < 1.29 is 4.57 Å². The summed E-state index contributed by atoms with van der Waals surface area (Å²) in [6.45, 7) is 2.41. The molecule has 0 aliphatic heterocycles. The van der Waals surface area contributed by atoms with Crippen molar-refractivity contribution in [2.24, 2.45) is 12.0 Å².